The predicted octanol–water partition coefficient (Wildman–Crippen LogP) is 4.17. The van der Waals surface area contributed by atoms with E-state index in [9.17, 15) is 0 Å². The zero-order valence-electron chi connectivity index (χ0n) is 16.1. The van der Waals surface area contributed by atoms with Crippen LogP contribution in [0.5, 0.6) is 0 Å². The third-order valence-electron chi connectivity index (χ3n) is 5.30. The standard InChI is InChI=1S/C22H22N6O/c1-2-11-28(12-3-1)15-16-5-4-6-18(13-16)21-25-22(29-27-21)19-14-24-26-20(19)17-7-9-23-10-8-17/h4-10,13-14H,1-3,11-12,15H2,(H,24,26). The molecule has 4 heterocycles. The van der Waals surface area contributed by atoms with Crippen LogP contribution in [0.4, 0.5) is 0 Å². The van der Waals surface area contributed by atoms with E-state index in [1.807, 2.05) is 18.2 Å². The van der Waals surface area contributed by atoms with Gasteiger partial charge in [-0.1, -0.05) is 29.8 Å². The molecular formula is C22H22N6O. The molecule has 4 aromatic rings. The van der Waals surface area contributed by atoms with Crippen molar-refractivity contribution in [3.63, 3.8) is 0 Å². The molecule has 0 amide bonds. The van der Waals surface area contributed by atoms with E-state index in [0.717, 1.165) is 28.9 Å². The summed E-state index contributed by atoms with van der Waals surface area (Å²) in [5, 5.41) is 11.4. The monoisotopic (exact) mass is 386 g/mol. The van der Waals surface area contributed by atoms with Crippen LogP contribution in [-0.2, 0) is 6.54 Å². The van der Waals surface area contributed by atoms with Gasteiger partial charge in [-0.3, -0.25) is 15.0 Å². The van der Waals surface area contributed by atoms with Gasteiger partial charge in [0.1, 0.15) is 0 Å². The number of aromatic nitrogens is 5. The molecule has 7 heteroatoms. The van der Waals surface area contributed by atoms with Crippen LogP contribution in [0.15, 0.2) is 59.5 Å². The SMILES string of the molecule is c1cc(CN2CCCCC2)cc(-c2noc(-c3cn[nH]c3-c3ccncc3)n2)c1. The number of aromatic amines is 1. The van der Waals surface area contributed by atoms with Gasteiger partial charge in [0.25, 0.3) is 5.89 Å². The van der Waals surface area contributed by atoms with Gasteiger partial charge in [-0.05, 0) is 49.7 Å². The van der Waals surface area contributed by atoms with E-state index in [0.29, 0.717) is 11.7 Å². The largest absolute Gasteiger partial charge is 0.333 e. The highest BCUT2D eigenvalue weighted by Gasteiger charge is 2.18. The molecule has 1 aromatic carbocycles. The van der Waals surface area contributed by atoms with Gasteiger partial charge in [-0.15, -0.1) is 0 Å². The van der Waals surface area contributed by atoms with Gasteiger partial charge in [0.2, 0.25) is 5.82 Å². The van der Waals surface area contributed by atoms with Crippen LogP contribution in [0.25, 0.3) is 34.1 Å². The summed E-state index contributed by atoms with van der Waals surface area (Å²) in [6.07, 6.45) is 9.12. The molecule has 1 saturated heterocycles. The van der Waals surface area contributed by atoms with Gasteiger partial charge in [0.15, 0.2) is 0 Å². The lowest BCUT2D eigenvalue weighted by molar-refractivity contribution is 0.221. The van der Waals surface area contributed by atoms with Crippen molar-refractivity contribution in [3.8, 4) is 34.1 Å². The number of hydrogen-bond donors (Lipinski definition) is 1. The van der Waals surface area contributed by atoms with Gasteiger partial charge in [-0.2, -0.15) is 10.1 Å². The van der Waals surface area contributed by atoms with E-state index < -0.39 is 0 Å². The van der Waals surface area contributed by atoms with Crippen molar-refractivity contribution >= 4 is 0 Å². The fourth-order valence-electron chi connectivity index (χ4n) is 3.82. The van der Waals surface area contributed by atoms with Crippen LogP contribution in [0, 0.1) is 0 Å². The summed E-state index contributed by atoms with van der Waals surface area (Å²) >= 11 is 0. The minimum Gasteiger partial charge on any atom is -0.333 e. The molecule has 5 rings (SSSR count). The van der Waals surface area contributed by atoms with Gasteiger partial charge in [-0.25, -0.2) is 0 Å². The van der Waals surface area contributed by atoms with Crippen molar-refractivity contribution in [2.24, 2.45) is 0 Å². The van der Waals surface area contributed by atoms with Crippen molar-refractivity contribution in [3.05, 3.63) is 60.6 Å². The second-order valence-electron chi connectivity index (χ2n) is 7.35. The van der Waals surface area contributed by atoms with E-state index >= 15 is 0 Å². The predicted molar refractivity (Wildman–Crippen MR) is 110 cm³/mol. The molecule has 0 atom stereocenters. The maximum Gasteiger partial charge on any atom is 0.262 e. The quantitative estimate of drug-likeness (QED) is 0.554. The highest BCUT2D eigenvalue weighted by Crippen LogP contribution is 2.30. The van der Waals surface area contributed by atoms with Crippen LogP contribution in [0.2, 0.25) is 0 Å². The molecule has 146 valence electrons. The summed E-state index contributed by atoms with van der Waals surface area (Å²) in [7, 11) is 0. The van der Waals surface area contributed by atoms with Gasteiger partial charge in [0.05, 0.1) is 17.5 Å². The fourth-order valence-corrected chi connectivity index (χ4v) is 3.82. The highest BCUT2D eigenvalue weighted by molar-refractivity contribution is 5.76. The maximum atomic E-state index is 5.57. The van der Waals surface area contributed by atoms with Gasteiger partial charge in [0, 0.05) is 30.1 Å². The third kappa shape index (κ3) is 3.82. The number of rotatable bonds is 5. The first-order chi connectivity index (χ1) is 14.4. The maximum absolute atomic E-state index is 5.57. The number of likely N-dealkylation sites (tertiary alicyclic amines) is 1. The number of nitrogens with zero attached hydrogens (tertiary/aromatic N) is 5. The summed E-state index contributed by atoms with van der Waals surface area (Å²) in [6, 6.07) is 12.2. The molecule has 0 unspecified atom stereocenters. The van der Waals surface area contributed by atoms with Crippen LogP contribution in [0.1, 0.15) is 24.8 Å². The number of benzene rings is 1. The Balaban J connectivity index is 1.40. The molecule has 1 aliphatic rings. The Morgan fingerprint density at radius 3 is 2.72 bits per heavy atom. The highest BCUT2D eigenvalue weighted by atomic mass is 16.5. The van der Waals surface area contributed by atoms with Crippen molar-refractivity contribution in [2.45, 2.75) is 25.8 Å². The lowest BCUT2D eigenvalue weighted by atomic mass is 10.1. The Morgan fingerprint density at radius 1 is 1.00 bits per heavy atom. The lowest BCUT2D eigenvalue weighted by Crippen LogP contribution is -2.29. The summed E-state index contributed by atoms with van der Waals surface area (Å²) in [6.45, 7) is 3.32. The van der Waals surface area contributed by atoms with E-state index in [1.165, 1.54) is 37.9 Å². The zero-order chi connectivity index (χ0) is 19.5. The summed E-state index contributed by atoms with van der Waals surface area (Å²) < 4.78 is 5.57. The third-order valence-corrected chi connectivity index (χ3v) is 5.30. The number of nitrogens with one attached hydrogen (secondary N) is 1. The zero-order valence-corrected chi connectivity index (χ0v) is 16.1. The Kier molecular flexibility index (Phi) is 4.88. The summed E-state index contributed by atoms with van der Waals surface area (Å²) in [5.41, 5.74) is 4.82. The summed E-state index contributed by atoms with van der Waals surface area (Å²) in [4.78, 5) is 11.2. The summed E-state index contributed by atoms with van der Waals surface area (Å²) in [5.74, 6) is 1.03. The first kappa shape index (κ1) is 17.8. The average molecular weight is 386 g/mol. The molecule has 1 aliphatic heterocycles. The van der Waals surface area contributed by atoms with Crippen LogP contribution < -0.4 is 0 Å². The van der Waals surface area contributed by atoms with Gasteiger partial charge < -0.3 is 4.52 Å². The van der Waals surface area contributed by atoms with Crippen LogP contribution >= 0.6 is 0 Å². The molecule has 29 heavy (non-hydrogen) atoms. The van der Waals surface area contributed by atoms with E-state index in [2.05, 4.69) is 48.4 Å². The molecule has 0 spiro atoms. The fraction of sp³-hybridized carbons (Fsp3) is 0.273. The van der Waals surface area contributed by atoms with Crippen molar-refractivity contribution < 1.29 is 4.52 Å². The Bertz CT molecular complexity index is 1080. The number of H-pyrrole nitrogens is 1. The topological polar surface area (TPSA) is 83.7 Å². The van der Waals surface area contributed by atoms with Gasteiger partial charge >= 0.3 is 0 Å². The Labute approximate surface area is 168 Å². The molecule has 3 aromatic heterocycles. The second kappa shape index (κ2) is 7.97. The number of hydrogen-bond acceptors (Lipinski definition) is 6. The molecule has 7 nitrogen and oxygen atoms in total. The smallest absolute Gasteiger partial charge is 0.262 e. The molecular weight excluding hydrogens is 364 g/mol. The number of piperidine rings is 1. The second-order valence-corrected chi connectivity index (χ2v) is 7.35. The normalized spacial score (nSPS) is 14.9. The molecule has 0 aliphatic carbocycles. The first-order valence-corrected chi connectivity index (χ1v) is 9.96. The van der Waals surface area contributed by atoms with Crippen molar-refractivity contribution in [1.82, 2.24) is 30.2 Å². The van der Waals surface area contributed by atoms with Crippen LogP contribution in [0.3, 0.4) is 0 Å². The van der Waals surface area contributed by atoms with E-state index in [1.54, 1.807) is 18.6 Å². The van der Waals surface area contributed by atoms with E-state index in [4.69, 9.17) is 4.52 Å². The van der Waals surface area contributed by atoms with Crippen molar-refractivity contribution in [1.29, 1.82) is 0 Å². The molecule has 1 N–H and O–H groups in total. The lowest BCUT2D eigenvalue weighted by Gasteiger charge is -2.26. The molecule has 0 bridgehead atoms. The first-order valence-electron chi connectivity index (χ1n) is 9.96. The molecule has 0 radical (unpaired) electrons. The van der Waals surface area contributed by atoms with Crippen LogP contribution in [-0.4, -0.2) is 43.3 Å². The van der Waals surface area contributed by atoms with E-state index in [-0.39, 0.29) is 0 Å². The number of pyridine rings is 1. The Hall–Kier alpha value is -3.32. The minimum absolute atomic E-state index is 0.446. The Morgan fingerprint density at radius 2 is 1.86 bits per heavy atom. The minimum atomic E-state index is 0.446. The average Bonchev–Trinajstić information content (AvgIpc) is 3.45. The molecule has 1 fully saturated rings. The molecule has 0 saturated carbocycles. The van der Waals surface area contributed by atoms with Crippen molar-refractivity contribution in [2.75, 3.05) is 13.1 Å².